The number of hydrogen-bond acceptors (Lipinski definition) is 2. The number of ether oxygens (including phenoxy) is 2. The Balaban J connectivity index is 2.55. The Bertz CT molecular complexity index is 109. The van der Waals surface area contributed by atoms with Crippen molar-refractivity contribution in [1.82, 2.24) is 0 Å². The van der Waals surface area contributed by atoms with Crippen LogP contribution < -0.4 is 0 Å². The molecular formula is C6H12O2. The molecule has 0 N–H and O–H groups in total. The number of hydrogen-bond donors (Lipinski definition) is 0. The van der Waals surface area contributed by atoms with Crippen molar-refractivity contribution in [2.24, 2.45) is 0 Å². The lowest BCUT2D eigenvalue weighted by Crippen LogP contribution is -2.17. The third-order valence-electron chi connectivity index (χ3n) is 1.89. The van der Waals surface area contributed by atoms with E-state index in [1.165, 1.54) is 0 Å². The fourth-order valence-corrected chi connectivity index (χ4v) is 0.749. The van der Waals surface area contributed by atoms with Crippen LogP contribution in [-0.4, -0.2) is 18.5 Å². The van der Waals surface area contributed by atoms with Crippen LogP contribution in [0.2, 0.25) is 0 Å². The summed E-state index contributed by atoms with van der Waals surface area (Å²) >= 11 is 0. The van der Waals surface area contributed by atoms with Gasteiger partial charge in [-0.25, -0.2) is 0 Å². The van der Waals surface area contributed by atoms with Gasteiger partial charge in [0, 0.05) is 7.11 Å². The third-order valence-corrected chi connectivity index (χ3v) is 1.89. The van der Waals surface area contributed by atoms with Gasteiger partial charge in [-0.3, -0.25) is 0 Å². The second-order valence-electron chi connectivity index (χ2n) is 2.76. The molecule has 1 rings (SSSR count). The Labute approximate surface area is 49.8 Å². The summed E-state index contributed by atoms with van der Waals surface area (Å²) in [5.74, 6) is -0.312. The molecule has 0 aromatic rings. The van der Waals surface area contributed by atoms with Crippen molar-refractivity contribution in [2.45, 2.75) is 32.2 Å². The molecular weight excluding hydrogens is 104 g/mol. The maximum absolute atomic E-state index is 5.22. The van der Waals surface area contributed by atoms with Crippen LogP contribution in [0.5, 0.6) is 0 Å². The van der Waals surface area contributed by atoms with E-state index in [4.69, 9.17) is 9.47 Å². The Morgan fingerprint density at radius 3 is 1.62 bits per heavy atom. The van der Waals surface area contributed by atoms with Crippen LogP contribution in [0.4, 0.5) is 0 Å². The minimum atomic E-state index is -0.312. The highest BCUT2D eigenvalue weighted by Crippen LogP contribution is 2.47. The van der Waals surface area contributed by atoms with Gasteiger partial charge in [-0.2, -0.15) is 0 Å². The lowest BCUT2D eigenvalue weighted by atomic mass is 10.1. The van der Waals surface area contributed by atoms with Crippen molar-refractivity contribution in [3.8, 4) is 0 Å². The summed E-state index contributed by atoms with van der Waals surface area (Å²) in [6, 6.07) is 0. The van der Waals surface area contributed by atoms with Crippen LogP contribution in [0, 0.1) is 0 Å². The van der Waals surface area contributed by atoms with E-state index in [1.54, 1.807) is 7.11 Å². The molecule has 2 heteroatoms. The number of rotatable bonds is 1. The molecule has 1 aliphatic heterocycles. The van der Waals surface area contributed by atoms with Gasteiger partial charge in [0.05, 0.1) is 0 Å². The Morgan fingerprint density at radius 2 is 1.62 bits per heavy atom. The third kappa shape index (κ3) is 0.565. The summed E-state index contributed by atoms with van der Waals surface area (Å²) in [6.07, 6.45) is 0. The van der Waals surface area contributed by atoms with Gasteiger partial charge >= 0.3 is 0 Å². The van der Waals surface area contributed by atoms with Crippen LogP contribution in [0.15, 0.2) is 0 Å². The van der Waals surface area contributed by atoms with Crippen molar-refractivity contribution in [3.05, 3.63) is 0 Å². The van der Waals surface area contributed by atoms with E-state index >= 15 is 0 Å². The van der Waals surface area contributed by atoms with Crippen LogP contribution in [0.3, 0.4) is 0 Å². The maximum Gasteiger partial charge on any atom is 0.194 e. The molecule has 0 spiro atoms. The summed E-state index contributed by atoms with van der Waals surface area (Å²) in [6.45, 7) is 5.96. The maximum atomic E-state index is 5.22. The standard InChI is InChI=1S/C6H12O2/c1-5(2)6(3,7-4)8-5/h1-4H3. The molecule has 0 aromatic carbocycles. The first-order valence-corrected chi connectivity index (χ1v) is 2.77. The molecule has 0 bridgehead atoms. The molecule has 1 aliphatic rings. The summed E-state index contributed by atoms with van der Waals surface area (Å²) < 4.78 is 10.3. The Kier molecular flexibility index (Phi) is 0.946. The zero-order chi connectivity index (χ0) is 6.41. The quantitative estimate of drug-likeness (QED) is 0.479. The summed E-state index contributed by atoms with van der Waals surface area (Å²) in [7, 11) is 1.66. The minimum absolute atomic E-state index is 0.0677. The highest BCUT2D eigenvalue weighted by Gasteiger charge is 2.61. The minimum Gasteiger partial charge on any atom is -0.351 e. The molecule has 1 saturated heterocycles. The average molecular weight is 116 g/mol. The van der Waals surface area contributed by atoms with Crippen LogP contribution >= 0.6 is 0 Å². The lowest BCUT2D eigenvalue weighted by molar-refractivity contribution is 0.00544. The van der Waals surface area contributed by atoms with Crippen molar-refractivity contribution >= 4 is 0 Å². The second kappa shape index (κ2) is 1.25. The molecule has 1 heterocycles. The molecule has 0 saturated carbocycles. The summed E-state index contributed by atoms with van der Waals surface area (Å²) in [4.78, 5) is 0. The molecule has 8 heavy (non-hydrogen) atoms. The fourth-order valence-electron chi connectivity index (χ4n) is 0.749. The van der Waals surface area contributed by atoms with Gasteiger partial charge in [-0.05, 0) is 20.8 Å². The molecule has 0 aliphatic carbocycles. The van der Waals surface area contributed by atoms with Crippen molar-refractivity contribution in [3.63, 3.8) is 0 Å². The lowest BCUT2D eigenvalue weighted by Gasteiger charge is -2.03. The van der Waals surface area contributed by atoms with Gasteiger partial charge in [-0.15, -0.1) is 0 Å². The van der Waals surface area contributed by atoms with E-state index in [-0.39, 0.29) is 11.4 Å². The predicted octanol–water partition coefficient (Wildman–Crippen LogP) is 1.16. The molecule has 0 amide bonds. The topological polar surface area (TPSA) is 21.8 Å². The van der Waals surface area contributed by atoms with E-state index in [9.17, 15) is 0 Å². The van der Waals surface area contributed by atoms with Crippen molar-refractivity contribution in [2.75, 3.05) is 7.11 Å². The fraction of sp³-hybridized carbons (Fsp3) is 1.00. The first-order valence-electron chi connectivity index (χ1n) is 2.77. The van der Waals surface area contributed by atoms with Gasteiger partial charge in [-0.1, -0.05) is 0 Å². The van der Waals surface area contributed by atoms with Gasteiger partial charge in [0.25, 0.3) is 0 Å². The van der Waals surface area contributed by atoms with Crippen LogP contribution in [0.1, 0.15) is 20.8 Å². The van der Waals surface area contributed by atoms with E-state index in [0.717, 1.165) is 0 Å². The SMILES string of the molecule is COC1(C)OC1(C)C. The average Bonchev–Trinajstić information content (AvgIpc) is 2.10. The number of epoxide rings is 1. The molecule has 0 radical (unpaired) electrons. The van der Waals surface area contributed by atoms with E-state index in [1.807, 2.05) is 20.8 Å². The van der Waals surface area contributed by atoms with Crippen molar-refractivity contribution < 1.29 is 9.47 Å². The molecule has 2 nitrogen and oxygen atoms in total. The largest absolute Gasteiger partial charge is 0.351 e. The first-order chi connectivity index (χ1) is 3.52. The van der Waals surface area contributed by atoms with Gasteiger partial charge in [0.15, 0.2) is 5.79 Å². The van der Waals surface area contributed by atoms with Crippen LogP contribution in [-0.2, 0) is 9.47 Å². The second-order valence-corrected chi connectivity index (χ2v) is 2.76. The zero-order valence-electron chi connectivity index (χ0n) is 5.82. The van der Waals surface area contributed by atoms with E-state index < -0.39 is 0 Å². The monoisotopic (exact) mass is 116 g/mol. The first kappa shape index (κ1) is 6.05. The predicted molar refractivity (Wildman–Crippen MR) is 30.6 cm³/mol. The summed E-state index contributed by atoms with van der Waals surface area (Å²) in [5.41, 5.74) is -0.0677. The Morgan fingerprint density at radius 1 is 1.25 bits per heavy atom. The van der Waals surface area contributed by atoms with Gasteiger partial charge in [0.1, 0.15) is 5.60 Å². The summed E-state index contributed by atoms with van der Waals surface area (Å²) in [5, 5.41) is 0. The smallest absolute Gasteiger partial charge is 0.194 e. The molecule has 1 fully saturated rings. The molecule has 1 unspecified atom stereocenters. The van der Waals surface area contributed by atoms with E-state index in [2.05, 4.69) is 0 Å². The normalized spacial score (nSPS) is 42.0. The molecule has 0 aromatic heterocycles. The van der Waals surface area contributed by atoms with Gasteiger partial charge < -0.3 is 9.47 Å². The van der Waals surface area contributed by atoms with Crippen molar-refractivity contribution in [1.29, 1.82) is 0 Å². The van der Waals surface area contributed by atoms with E-state index in [0.29, 0.717) is 0 Å². The number of methoxy groups -OCH3 is 1. The van der Waals surface area contributed by atoms with Gasteiger partial charge in [0.2, 0.25) is 0 Å². The molecule has 1 atom stereocenters. The highest BCUT2D eigenvalue weighted by molar-refractivity contribution is 4.99. The highest BCUT2D eigenvalue weighted by atomic mass is 16.8. The molecule has 48 valence electrons. The van der Waals surface area contributed by atoms with Crippen LogP contribution in [0.25, 0.3) is 0 Å². The zero-order valence-corrected chi connectivity index (χ0v) is 5.82. The Hall–Kier alpha value is -0.0800.